The van der Waals surface area contributed by atoms with Crippen molar-refractivity contribution in [2.24, 2.45) is 0 Å². The van der Waals surface area contributed by atoms with Gasteiger partial charge in [0, 0.05) is 17.7 Å². The minimum atomic E-state index is -1.06. The van der Waals surface area contributed by atoms with Crippen molar-refractivity contribution in [2.45, 2.75) is 19.6 Å². The number of hydrogen-bond acceptors (Lipinski definition) is 5. The van der Waals surface area contributed by atoms with Gasteiger partial charge in [-0.25, -0.2) is 4.79 Å². The Labute approximate surface area is 233 Å². The molecule has 0 amide bonds. The largest absolute Gasteiger partial charge is 0.496 e. The van der Waals surface area contributed by atoms with Gasteiger partial charge in [-0.3, -0.25) is 4.68 Å². The van der Waals surface area contributed by atoms with Gasteiger partial charge < -0.3 is 19.3 Å². The number of benzene rings is 4. The zero-order chi connectivity index (χ0) is 27.7. The molecule has 4 aromatic carbocycles. The number of para-hydroxylation sites is 1. The number of aromatic nitrogens is 2. The minimum absolute atomic E-state index is 0.396. The Morgan fingerprint density at radius 3 is 2.20 bits per heavy atom. The first-order valence-corrected chi connectivity index (χ1v) is 13.0. The lowest BCUT2D eigenvalue weighted by molar-refractivity contribution is -0.139. The molecule has 40 heavy (non-hydrogen) atoms. The average molecular weight is 535 g/mol. The summed E-state index contributed by atoms with van der Waals surface area (Å²) in [6.07, 6.45) is 0.784. The molecular formula is C33H30N2O5. The first-order chi connectivity index (χ1) is 19.6. The van der Waals surface area contributed by atoms with Crippen LogP contribution >= 0.6 is 0 Å². The topological polar surface area (TPSA) is 82.8 Å². The quantitative estimate of drug-likeness (QED) is 0.196. The lowest BCUT2D eigenvalue weighted by Crippen LogP contribution is -2.10. The van der Waals surface area contributed by atoms with Gasteiger partial charge in [0.2, 0.25) is 0 Å². The third-order valence-electron chi connectivity index (χ3n) is 6.44. The third kappa shape index (κ3) is 6.50. The van der Waals surface area contributed by atoms with Crippen molar-refractivity contribution in [3.63, 3.8) is 0 Å². The summed E-state index contributed by atoms with van der Waals surface area (Å²) < 4.78 is 19.4. The average Bonchev–Trinajstić information content (AvgIpc) is 3.43. The second kappa shape index (κ2) is 12.7. The molecule has 0 atom stereocenters. The number of carboxylic acids is 1. The Morgan fingerprint density at radius 1 is 0.775 bits per heavy atom. The molecule has 0 spiro atoms. The van der Waals surface area contributed by atoms with E-state index >= 15 is 0 Å². The smallest absolute Gasteiger partial charge is 0.341 e. The van der Waals surface area contributed by atoms with Gasteiger partial charge in [0.05, 0.1) is 18.5 Å². The Morgan fingerprint density at radius 2 is 1.48 bits per heavy atom. The van der Waals surface area contributed by atoms with Crippen molar-refractivity contribution >= 4 is 5.97 Å². The van der Waals surface area contributed by atoms with Crippen LogP contribution in [0.3, 0.4) is 0 Å². The van der Waals surface area contributed by atoms with Crippen LogP contribution in [0.1, 0.15) is 11.1 Å². The van der Waals surface area contributed by atoms with Crippen molar-refractivity contribution in [1.29, 1.82) is 0 Å². The Hall–Kier alpha value is -5.04. The van der Waals surface area contributed by atoms with E-state index in [4.69, 9.17) is 19.3 Å². The van der Waals surface area contributed by atoms with Gasteiger partial charge in [-0.05, 0) is 53.9 Å². The summed E-state index contributed by atoms with van der Waals surface area (Å²) in [5.74, 6) is 0.712. The first-order valence-electron chi connectivity index (χ1n) is 13.0. The lowest BCUT2D eigenvalue weighted by Gasteiger charge is -2.12. The van der Waals surface area contributed by atoms with Gasteiger partial charge in [0.1, 0.15) is 23.9 Å². The second-order valence-corrected chi connectivity index (χ2v) is 9.19. The normalized spacial score (nSPS) is 10.7. The Balaban J connectivity index is 1.54. The van der Waals surface area contributed by atoms with Crippen LogP contribution in [0.15, 0.2) is 109 Å². The number of nitrogens with zero attached hydrogens (tertiary/aromatic N) is 2. The van der Waals surface area contributed by atoms with Gasteiger partial charge in [0.25, 0.3) is 0 Å². The van der Waals surface area contributed by atoms with Crippen molar-refractivity contribution in [1.82, 2.24) is 9.78 Å². The molecule has 0 aliphatic rings. The molecule has 0 aliphatic carbocycles. The van der Waals surface area contributed by atoms with Gasteiger partial charge >= 0.3 is 5.97 Å². The van der Waals surface area contributed by atoms with E-state index < -0.39 is 12.6 Å². The van der Waals surface area contributed by atoms with E-state index in [1.54, 1.807) is 19.2 Å². The SMILES string of the molecule is COc1ccccc1-c1cc(-c2cc(OCc3ccccc3)ccc2OCC(=O)O)nn1CCc1ccccc1. The maximum Gasteiger partial charge on any atom is 0.341 e. The number of methoxy groups -OCH3 is 1. The number of aryl methyl sites for hydroxylation is 2. The molecular weight excluding hydrogens is 504 g/mol. The van der Waals surface area contributed by atoms with Crippen LogP contribution in [0.25, 0.3) is 22.5 Å². The monoisotopic (exact) mass is 534 g/mol. The Kier molecular flexibility index (Phi) is 8.41. The number of hydrogen-bond donors (Lipinski definition) is 1. The first kappa shape index (κ1) is 26.6. The van der Waals surface area contributed by atoms with Crippen LogP contribution in [-0.2, 0) is 24.4 Å². The number of rotatable bonds is 12. The van der Waals surface area contributed by atoms with Gasteiger partial charge in [0.15, 0.2) is 6.61 Å². The van der Waals surface area contributed by atoms with E-state index in [0.717, 1.165) is 29.0 Å². The van der Waals surface area contributed by atoms with Crippen molar-refractivity contribution in [3.8, 4) is 39.8 Å². The maximum absolute atomic E-state index is 11.3. The highest BCUT2D eigenvalue weighted by Crippen LogP contribution is 2.37. The van der Waals surface area contributed by atoms with Crippen LogP contribution in [0.5, 0.6) is 17.2 Å². The highest BCUT2D eigenvalue weighted by molar-refractivity contribution is 5.77. The molecule has 1 N–H and O–H groups in total. The van der Waals surface area contributed by atoms with Crippen LogP contribution in [-0.4, -0.2) is 34.6 Å². The molecule has 0 fully saturated rings. The molecule has 5 rings (SSSR count). The van der Waals surface area contributed by atoms with Crippen molar-refractivity contribution in [3.05, 3.63) is 120 Å². The predicted octanol–water partition coefficient (Wildman–Crippen LogP) is 6.51. The van der Waals surface area contributed by atoms with E-state index in [9.17, 15) is 9.90 Å². The zero-order valence-corrected chi connectivity index (χ0v) is 22.2. The summed E-state index contributed by atoms with van der Waals surface area (Å²) in [5.41, 5.74) is 5.30. The van der Waals surface area contributed by atoms with Crippen LogP contribution in [0.4, 0.5) is 0 Å². The summed E-state index contributed by atoms with van der Waals surface area (Å²) in [5, 5.41) is 14.2. The van der Waals surface area contributed by atoms with E-state index in [1.807, 2.05) is 89.6 Å². The van der Waals surface area contributed by atoms with E-state index in [0.29, 0.717) is 35.9 Å². The third-order valence-corrected chi connectivity index (χ3v) is 6.44. The fourth-order valence-corrected chi connectivity index (χ4v) is 4.48. The fourth-order valence-electron chi connectivity index (χ4n) is 4.48. The number of carboxylic acid groups (broad SMARTS) is 1. The molecule has 0 bridgehead atoms. The summed E-state index contributed by atoms with van der Waals surface area (Å²) in [4.78, 5) is 11.3. The van der Waals surface area contributed by atoms with Crippen LogP contribution < -0.4 is 14.2 Å². The predicted molar refractivity (Wildman–Crippen MR) is 154 cm³/mol. The highest BCUT2D eigenvalue weighted by atomic mass is 16.5. The van der Waals surface area contributed by atoms with Crippen LogP contribution in [0, 0.1) is 0 Å². The minimum Gasteiger partial charge on any atom is -0.496 e. The number of aliphatic carboxylic acids is 1. The van der Waals surface area contributed by atoms with Crippen molar-refractivity contribution < 1.29 is 24.1 Å². The molecule has 0 saturated heterocycles. The molecule has 0 aliphatic heterocycles. The summed E-state index contributed by atoms with van der Waals surface area (Å²) in [6.45, 7) is 0.561. The van der Waals surface area contributed by atoms with E-state index in [1.165, 1.54) is 5.56 Å². The molecule has 1 heterocycles. The number of ether oxygens (including phenoxy) is 3. The summed E-state index contributed by atoms with van der Waals surface area (Å²) in [7, 11) is 1.65. The van der Waals surface area contributed by atoms with Gasteiger partial charge in [-0.1, -0.05) is 72.8 Å². The van der Waals surface area contributed by atoms with Gasteiger partial charge in [-0.15, -0.1) is 0 Å². The molecule has 5 aromatic rings. The maximum atomic E-state index is 11.3. The van der Waals surface area contributed by atoms with E-state index in [-0.39, 0.29) is 0 Å². The standard InChI is InChI=1S/C33H30N2O5/c1-38-31-15-9-8-14-27(31)30-21-29(34-35(30)19-18-24-10-4-2-5-11-24)28-20-26(16-17-32(28)40-23-33(36)37)39-22-25-12-6-3-7-13-25/h2-17,20-21H,18-19,22-23H2,1H3,(H,36,37). The zero-order valence-electron chi connectivity index (χ0n) is 22.2. The molecule has 0 unspecified atom stereocenters. The lowest BCUT2D eigenvalue weighted by atomic mass is 10.1. The van der Waals surface area contributed by atoms with E-state index in [2.05, 4.69) is 12.1 Å². The Bertz CT molecular complexity index is 1560. The van der Waals surface area contributed by atoms with Crippen LogP contribution in [0.2, 0.25) is 0 Å². The molecule has 0 radical (unpaired) electrons. The molecule has 0 saturated carbocycles. The summed E-state index contributed by atoms with van der Waals surface area (Å²) >= 11 is 0. The number of carbonyl (C=O) groups is 1. The highest BCUT2D eigenvalue weighted by Gasteiger charge is 2.19. The fraction of sp³-hybridized carbons (Fsp3) is 0.152. The van der Waals surface area contributed by atoms with Gasteiger partial charge in [-0.2, -0.15) is 5.10 Å². The van der Waals surface area contributed by atoms with Crippen molar-refractivity contribution in [2.75, 3.05) is 13.7 Å². The molecule has 7 heteroatoms. The molecule has 7 nitrogen and oxygen atoms in total. The molecule has 1 aromatic heterocycles. The summed E-state index contributed by atoms with van der Waals surface area (Å²) in [6, 6.07) is 35.3. The second-order valence-electron chi connectivity index (χ2n) is 9.19. The molecule has 202 valence electrons.